The highest BCUT2D eigenvalue weighted by Gasteiger charge is 2.15. The SMILES string of the molecule is CC.CC1=CC=C(n2c3ccccc3c3ccccc32)CC1.Cc1ccc(-n2c3ccccc3c3ccccc32)cc1.Cc1ccc(-n2c3ccccc3c3ccccc32)cc1. The molecule has 62 heavy (non-hydrogen) atoms. The maximum Gasteiger partial charge on any atom is 0.0541 e. The quantitative estimate of drug-likeness (QED) is 0.169. The van der Waals surface area contributed by atoms with Crippen molar-refractivity contribution in [3.63, 3.8) is 0 Å². The van der Waals surface area contributed by atoms with Crippen molar-refractivity contribution in [3.8, 4) is 11.4 Å². The van der Waals surface area contributed by atoms with Crippen molar-refractivity contribution in [1.29, 1.82) is 0 Å². The lowest BCUT2D eigenvalue weighted by Crippen LogP contribution is -2.00. The van der Waals surface area contributed by atoms with Gasteiger partial charge in [-0.3, -0.25) is 0 Å². The van der Waals surface area contributed by atoms with Crippen LogP contribution in [0.2, 0.25) is 0 Å². The molecule has 0 N–H and O–H groups in total. The first-order valence-corrected chi connectivity index (χ1v) is 22.0. The van der Waals surface area contributed by atoms with Crippen LogP contribution in [0.3, 0.4) is 0 Å². The predicted octanol–water partition coefficient (Wildman–Crippen LogP) is 16.6. The lowest BCUT2D eigenvalue weighted by Gasteiger charge is -2.15. The Morgan fingerprint density at radius 1 is 0.290 bits per heavy atom. The topological polar surface area (TPSA) is 14.8 Å². The molecular weight excluding hydrogens is 751 g/mol. The summed E-state index contributed by atoms with van der Waals surface area (Å²) in [6.07, 6.45) is 6.80. The molecule has 12 rings (SSSR count). The van der Waals surface area contributed by atoms with Crippen LogP contribution in [0, 0.1) is 13.8 Å². The van der Waals surface area contributed by atoms with Crippen LogP contribution in [-0.2, 0) is 0 Å². The second-order valence-electron chi connectivity index (χ2n) is 16.0. The van der Waals surface area contributed by atoms with Crippen LogP contribution in [0.15, 0.2) is 212 Å². The van der Waals surface area contributed by atoms with Crippen molar-refractivity contribution in [2.45, 2.75) is 47.5 Å². The molecule has 1 aliphatic rings. The molecule has 3 heteroatoms. The van der Waals surface area contributed by atoms with E-state index < -0.39 is 0 Å². The van der Waals surface area contributed by atoms with Crippen molar-refractivity contribution < 1.29 is 0 Å². The number of fused-ring (bicyclic) bond motifs is 9. The Balaban J connectivity index is 0.000000116. The highest BCUT2D eigenvalue weighted by molar-refractivity contribution is 6.11. The molecule has 0 bridgehead atoms. The summed E-state index contributed by atoms with van der Waals surface area (Å²) in [5, 5.41) is 7.92. The normalized spacial score (nSPS) is 12.3. The number of nitrogens with zero attached hydrogens (tertiary/aromatic N) is 3. The highest BCUT2D eigenvalue weighted by Crippen LogP contribution is 2.35. The fourth-order valence-electron chi connectivity index (χ4n) is 8.94. The van der Waals surface area contributed by atoms with Crippen LogP contribution in [0.25, 0.3) is 82.5 Å². The van der Waals surface area contributed by atoms with E-state index in [0.717, 1.165) is 12.8 Å². The van der Waals surface area contributed by atoms with Gasteiger partial charge in [-0.25, -0.2) is 0 Å². The molecular formula is C59H53N3. The fourth-order valence-corrected chi connectivity index (χ4v) is 8.94. The third-order valence-corrected chi connectivity index (χ3v) is 11.9. The molecule has 8 aromatic carbocycles. The van der Waals surface area contributed by atoms with Crippen molar-refractivity contribution in [1.82, 2.24) is 13.7 Å². The Hall–Kier alpha value is -7.36. The molecule has 0 atom stereocenters. The Morgan fingerprint density at radius 3 is 0.839 bits per heavy atom. The predicted molar refractivity (Wildman–Crippen MR) is 269 cm³/mol. The van der Waals surface area contributed by atoms with E-state index in [2.05, 4.69) is 241 Å². The second-order valence-corrected chi connectivity index (χ2v) is 16.0. The van der Waals surface area contributed by atoms with E-state index in [4.69, 9.17) is 0 Å². The third kappa shape index (κ3) is 7.52. The molecule has 0 spiro atoms. The third-order valence-electron chi connectivity index (χ3n) is 11.9. The van der Waals surface area contributed by atoms with E-state index in [1.165, 1.54) is 99.2 Å². The second kappa shape index (κ2) is 17.7. The molecule has 3 nitrogen and oxygen atoms in total. The van der Waals surface area contributed by atoms with E-state index in [9.17, 15) is 0 Å². The first-order chi connectivity index (χ1) is 30.5. The van der Waals surface area contributed by atoms with Gasteiger partial charge >= 0.3 is 0 Å². The average Bonchev–Trinajstić information content (AvgIpc) is 3.97. The number of aromatic nitrogens is 3. The standard InChI is InChI=1S/C19H17N.2C19H15N.C2H6/c3*1-14-10-12-15(13-11-14)20-18-8-4-2-6-16(18)17-7-3-5-9-19(17)20;1-2/h2-10,12H,11,13H2,1H3;2*2-13H,1H3;1-2H3. The minimum Gasteiger partial charge on any atom is -0.313 e. The maximum absolute atomic E-state index is 2.42. The molecule has 0 fully saturated rings. The molecule has 0 radical (unpaired) electrons. The molecule has 3 aromatic heterocycles. The number of benzene rings is 8. The van der Waals surface area contributed by atoms with Crippen LogP contribution in [0.1, 0.15) is 44.7 Å². The number of para-hydroxylation sites is 6. The van der Waals surface area contributed by atoms with Crippen molar-refractivity contribution >= 4 is 71.1 Å². The van der Waals surface area contributed by atoms with Gasteiger partial charge in [-0.15, -0.1) is 0 Å². The van der Waals surface area contributed by atoms with Crippen molar-refractivity contribution in [2.24, 2.45) is 0 Å². The monoisotopic (exact) mass is 803 g/mol. The van der Waals surface area contributed by atoms with Crippen molar-refractivity contribution in [2.75, 3.05) is 0 Å². The number of rotatable bonds is 3. The van der Waals surface area contributed by atoms with Crippen LogP contribution in [-0.4, -0.2) is 13.7 Å². The van der Waals surface area contributed by atoms with E-state index in [1.54, 1.807) is 0 Å². The molecule has 0 aliphatic heterocycles. The van der Waals surface area contributed by atoms with Gasteiger partial charge in [0.1, 0.15) is 0 Å². The van der Waals surface area contributed by atoms with Gasteiger partial charge in [-0.1, -0.05) is 170 Å². The Morgan fingerprint density at radius 2 is 0.565 bits per heavy atom. The summed E-state index contributed by atoms with van der Waals surface area (Å²) in [7, 11) is 0. The number of hydrogen-bond donors (Lipinski definition) is 0. The van der Waals surface area contributed by atoms with Gasteiger partial charge in [0.25, 0.3) is 0 Å². The molecule has 304 valence electrons. The fraction of sp³-hybridized carbons (Fsp3) is 0.119. The van der Waals surface area contributed by atoms with E-state index >= 15 is 0 Å². The van der Waals surface area contributed by atoms with Gasteiger partial charge < -0.3 is 13.7 Å². The summed E-state index contributed by atoms with van der Waals surface area (Å²) in [6.45, 7) is 10.4. The summed E-state index contributed by atoms with van der Waals surface area (Å²) in [5.41, 5.74) is 15.5. The number of aryl methyl sites for hydroxylation is 2. The summed E-state index contributed by atoms with van der Waals surface area (Å²) in [6, 6.07) is 69.2. The lowest BCUT2D eigenvalue weighted by atomic mass is 10.0. The van der Waals surface area contributed by atoms with Gasteiger partial charge in [0.05, 0.1) is 33.1 Å². The maximum atomic E-state index is 2.42. The summed E-state index contributed by atoms with van der Waals surface area (Å²) >= 11 is 0. The highest BCUT2D eigenvalue weighted by atomic mass is 15.0. The Kier molecular flexibility index (Phi) is 11.4. The minimum atomic E-state index is 1.12. The Labute approximate surface area is 365 Å². The molecule has 0 amide bonds. The van der Waals surface area contributed by atoms with Gasteiger partial charge in [-0.2, -0.15) is 0 Å². The summed E-state index contributed by atoms with van der Waals surface area (Å²) in [5.74, 6) is 0. The van der Waals surface area contributed by atoms with Crippen LogP contribution < -0.4 is 0 Å². The number of allylic oxidation sites excluding steroid dienone is 4. The van der Waals surface area contributed by atoms with E-state index in [0.29, 0.717) is 0 Å². The zero-order valence-corrected chi connectivity index (χ0v) is 36.4. The molecule has 0 saturated carbocycles. The van der Waals surface area contributed by atoms with Gasteiger partial charge in [0.15, 0.2) is 0 Å². The van der Waals surface area contributed by atoms with Crippen LogP contribution in [0.4, 0.5) is 0 Å². The zero-order chi connectivity index (χ0) is 42.6. The molecule has 3 heterocycles. The van der Waals surface area contributed by atoms with Crippen LogP contribution in [0.5, 0.6) is 0 Å². The lowest BCUT2D eigenvalue weighted by molar-refractivity contribution is 0.927. The molecule has 11 aromatic rings. The Bertz CT molecular complexity index is 3070. The minimum absolute atomic E-state index is 1.12. The molecule has 0 unspecified atom stereocenters. The van der Waals surface area contributed by atoms with Crippen molar-refractivity contribution in [3.05, 3.63) is 223 Å². The average molecular weight is 804 g/mol. The molecule has 0 saturated heterocycles. The largest absolute Gasteiger partial charge is 0.313 e. The van der Waals surface area contributed by atoms with E-state index in [1.807, 2.05) is 13.8 Å². The molecule has 1 aliphatic carbocycles. The van der Waals surface area contributed by atoms with Gasteiger partial charge in [0.2, 0.25) is 0 Å². The smallest absolute Gasteiger partial charge is 0.0541 e. The number of hydrogen-bond acceptors (Lipinski definition) is 0. The summed E-state index contributed by atoms with van der Waals surface area (Å²) in [4.78, 5) is 0. The van der Waals surface area contributed by atoms with Gasteiger partial charge in [0, 0.05) is 49.4 Å². The van der Waals surface area contributed by atoms with E-state index in [-0.39, 0.29) is 0 Å². The van der Waals surface area contributed by atoms with Crippen LogP contribution >= 0.6 is 0 Å². The summed E-state index contributed by atoms with van der Waals surface area (Å²) < 4.78 is 7.10. The zero-order valence-electron chi connectivity index (χ0n) is 36.4. The van der Waals surface area contributed by atoms with Gasteiger partial charge in [-0.05, 0) is 100 Å². The first kappa shape index (κ1) is 40.1. The first-order valence-electron chi connectivity index (χ1n) is 22.0.